The zero-order chi connectivity index (χ0) is 17.7. The maximum Gasteiger partial charge on any atom is 0.341 e. The van der Waals surface area contributed by atoms with Crippen LogP contribution in [0.4, 0.5) is 10.1 Å². The van der Waals surface area contributed by atoms with Crippen LogP contribution in [-0.2, 0) is 0 Å². The number of benzene rings is 1. The second-order valence-corrected chi connectivity index (χ2v) is 7.01. The first-order valence-corrected chi connectivity index (χ1v) is 8.59. The van der Waals surface area contributed by atoms with Crippen LogP contribution in [0.2, 0.25) is 0 Å². The zero-order valence-electron chi connectivity index (χ0n) is 13.7. The van der Waals surface area contributed by atoms with Crippen molar-refractivity contribution in [2.45, 2.75) is 50.2 Å². The van der Waals surface area contributed by atoms with Crippen LogP contribution in [0.5, 0.6) is 0 Å². The molecule has 0 amide bonds. The van der Waals surface area contributed by atoms with Crippen molar-refractivity contribution < 1.29 is 14.3 Å². The van der Waals surface area contributed by atoms with E-state index in [0.29, 0.717) is 11.2 Å². The summed E-state index contributed by atoms with van der Waals surface area (Å²) in [6.45, 7) is 0. The Morgan fingerprint density at radius 2 is 2.04 bits per heavy atom. The molecule has 2 fully saturated rings. The van der Waals surface area contributed by atoms with Gasteiger partial charge in [0.25, 0.3) is 0 Å². The number of nitrogens with one attached hydrogen (secondary N) is 1. The predicted molar refractivity (Wildman–Crippen MR) is 92.6 cm³/mol. The van der Waals surface area contributed by atoms with Crippen LogP contribution in [0.1, 0.15) is 48.5 Å². The number of anilines is 1. The number of hydrogen-bond acceptors (Lipinski definition) is 4. The van der Waals surface area contributed by atoms with E-state index in [9.17, 15) is 19.1 Å². The predicted octanol–water partition coefficient (Wildman–Crippen LogP) is 2.47. The molecule has 0 spiro atoms. The SMILES string of the molecule is N[C@H]1CCC[C@H]1Nc1cc2c(cc1F)c(=O)c(C(=O)O)cn2C1CC1. The fourth-order valence-electron chi connectivity index (χ4n) is 3.66. The van der Waals surface area contributed by atoms with E-state index < -0.39 is 17.2 Å². The third-order valence-electron chi connectivity index (χ3n) is 5.20. The van der Waals surface area contributed by atoms with Gasteiger partial charge in [0.1, 0.15) is 11.4 Å². The van der Waals surface area contributed by atoms with E-state index in [2.05, 4.69) is 5.32 Å². The lowest BCUT2D eigenvalue weighted by molar-refractivity contribution is 0.0695. The Balaban J connectivity index is 1.86. The summed E-state index contributed by atoms with van der Waals surface area (Å²) in [5.74, 6) is -1.85. The first-order valence-electron chi connectivity index (χ1n) is 8.59. The minimum atomic E-state index is -1.29. The molecule has 0 aliphatic heterocycles. The topological polar surface area (TPSA) is 97.3 Å². The average Bonchev–Trinajstić information content (AvgIpc) is 3.33. The highest BCUT2D eigenvalue weighted by atomic mass is 19.1. The minimum absolute atomic E-state index is 0.00587. The maximum atomic E-state index is 14.6. The standard InChI is InChI=1S/C18H20FN3O3/c19-12-6-10-16(7-15(12)21-14-3-1-2-13(14)20)22(9-4-5-9)8-11(17(10)23)18(24)25/h6-9,13-14,21H,1-5,20H2,(H,24,25)/t13-,14+/m0/s1. The molecular weight excluding hydrogens is 325 g/mol. The van der Waals surface area contributed by atoms with Crippen molar-refractivity contribution in [2.24, 2.45) is 5.73 Å². The number of carbonyl (C=O) groups is 1. The summed E-state index contributed by atoms with van der Waals surface area (Å²) >= 11 is 0. The number of aromatic carboxylic acids is 1. The lowest BCUT2D eigenvalue weighted by Crippen LogP contribution is -2.35. The van der Waals surface area contributed by atoms with Crippen molar-refractivity contribution in [2.75, 3.05) is 5.32 Å². The molecule has 25 heavy (non-hydrogen) atoms. The number of nitrogens with zero attached hydrogens (tertiary/aromatic N) is 1. The molecular formula is C18H20FN3O3. The second kappa shape index (κ2) is 5.84. The highest BCUT2D eigenvalue weighted by molar-refractivity contribution is 5.93. The molecule has 2 aliphatic carbocycles. The Bertz CT molecular complexity index is 920. The van der Waals surface area contributed by atoms with Gasteiger partial charge >= 0.3 is 5.97 Å². The van der Waals surface area contributed by atoms with Gasteiger partial charge in [-0.25, -0.2) is 9.18 Å². The maximum absolute atomic E-state index is 14.6. The molecule has 4 rings (SSSR count). The molecule has 7 heteroatoms. The molecule has 2 atom stereocenters. The zero-order valence-corrected chi connectivity index (χ0v) is 13.7. The van der Waals surface area contributed by atoms with Crippen LogP contribution in [0, 0.1) is 5.82 Å². The first-order chi connectivity index (χ1) is 12.0. The van der Waals surface area contributed by atoms with E-state index in [1.54, 1.807) is 10.6 Å². The van der Waals surface area contributed by atoms with E-state index >= 15 is 0 Å². The molecule has 0 saturated heterocycles. The van der Waals surface area contributed by atoms with Gasteiger partial charge < -0.3 is 20.7 Å². The van der Waals surface area contributed by atoms with Crippen molar-refractivity contribution in [3.8, 4) is 0 Å². The van der Waals surface area contributed by atoms with Gasteiger partial charge in [-0.3, -0.25) is 4.79 Å². The smallest absolute Gasteiger partial charge is 0.341 e. The molecule has 2 aliphatic rings. The Kier molecular flexibility index (Phi) is 3.76. The highest BCUT2D eigenvalue weighted by Crippen LogP contribution is 2.38. The monoisotopic (exact) mass is 345 g/mol. The summed E-state index contributed by atoms with van der Waals surface area (Å²) in [5, 5.41) is 12.5. The molecule has 132 valence electrons. The Labute approximate surface area is 143 Å². The molecule has 0 radical (unpaired) electrons. The van der Waals surface area contributed by atoms with Crippen molar-refractivity contribution in [1.29, 1.82) is 0 Å². The molecule has 2 aromatic rings. The molecule has 1 aromatic carbocycles. The van der Waals surface area contributed by atoms with Crippen molar-refractivity contribution >= 4 is 22.6 Å². The largest absolute Gasteiger partial charge is 0.477 e. The fourth-order valence-corrected chi connectivity index (χ4v) is 3.66. The van der Waals surface area contributed by atoms with Gasteiger partial charge in [-0.1, -0.05) is 0 Å². The van der Waals surface area contributed by atoms with E-state index in [1.165, 1.54) is 6.20 Å². The van der Waals surface area contributed by atoms with Gasteiger partial charge in [0.05, 0.1) is 11.2 Å². The first kappa shape index (κ1) is 16.1. The third kappa shape index (κ3) is 2.78. The number of fused-ring (bicyclic) bond motifs is 1. The minimum Gasteiger partial charge on any atom is -0.477 e. The fraction of sp³-hybridized carbons (Fsp3) is 0.444. The molecule has 0 unspecified atom stereocenters. The van der Waals surface area contributed by atoms with Gasteiger partial charge in [0.15, 0.2) is 0 Å². The summed E-state index contributed by atoms with van der Waals surface area (Å²) in [6, 6.07) is 2.90. The van der Waals surface area contributed by atoms with Crippen molar-refractivity contribution in [3.63, 3.8) is 0 Å². The van der Waals surface area contributed by atoms with Gasteiger partial charge in [-0.15, -0.1) is 0 Å². The quantitative estimate of drug-likeness (QED) is 0.791. The number of hydrogen-bond donors (Lipinski definition) is 3. The van der Waals surface area contributed by atoms with Crippen LogP contribution in [0.25, 0.3) is 10.9 Å². The number of pyridine rings is 1. The van der Waals surface area contributed by atoms with E-state index in [4.69, 9.17) is 5.73 Å². The molecule has 6 nitrogen and oxygen atoms in total. The van der Waals surface area contributed by atoms with Crippen LogP contribution in [-0.4, -0.2) is 27.7 Å². The normalized spacial score (nSPS) is 23.1. The summed E-state index contributed by atoms with van der Waals surface area (Å²) in [6.07, 6.45) is 6.01. The van der Waals surface area contributed by atoms with Gasteiger partial charge in [0.2, 0.25) is 5.43 Å². The number of carboxylic acids is 1. The molecule has 2 saturated carbocycles. The van der Waals surface area contributed by atoms with Crippen LogP contribution in [0.3, 0.4) is 0 Å². The van der Waals surface area contributed by atoms with Gasteiger partial charge in [-0.2, -0.15) is 0 Å². The Hall–Kier alpha value is -2.41. The molecule has 0 bridgehead atoms. The van der Waals surface area contributed by atoms with Crippen LogP contribution >= 0.6 is 0 Å². The van der Waals surface area contributed by atoms with E-state index in [-0.39, 0.29) is 29.1 Å². The van der Waals surface area contributed by atoms with E-state index in [1.807, 2.05) is 0 Å². The number of aromatic nitrogens is 1. The Morgan fingerprint density at radius 3 is 2.64 bits per heavy atom. The number of nitrogens with two attached hydrogens (primary N) is 1. The number of rotatable bonds is 4. The lowest BCUT2D eigenvalue weighted by Gasteiger charge is -2.20. The van der Waals surface area contributed by atoms with Gasteiger partial charge in [0, 0.05) is 29.7 Å². The highest BCUT2D eigenvalue weighted by Gasteiger charge is 2.28. The summed E-state index contributed by atoms with van der Waals surface area (Å²) in [4.78, 5) is 23.8. The average molecular weight is 345 g/mol. The lowest BCUT2D eigenvalue weighted by atomic mass is 10.1. The summed E-state index contributed by atoms with van der Waals surface area (Å²) < 4.78 is 16.4. The van der Waals surface area contributed by atoms with Crippen LogP contribution < -0.4 is 16.5 Å². The number of halogens is 1. The van der Waals surface area contributed by atoms with Crippen molar-refractivity contribution in [3.05, 3.63) is 39.9 Å². The summed E-state index contributed by atoms with van der Waals surface area (Å²) in [5.41, 5.74) is 5.95. The molecule has 1 aromatic heterocycles. The molecule has 4 N–H and O–H groups in total. The number of carboxylic acid groups (broad SMARTS) is 1. The van der Waals surface area contributed by atoms with E-state index in [0.717, 1.165) is 38.2 Å². The Morgan fingerprint density at radius 1 is 1.28 bits per heavy atom. The van der Waals surface area contributed by atoms with Gasteiger partial charge in [-0.05, 0) is 44.2 Å². The molecule has 1 heterocycles. The third-order valence-corrected chi connectivity index (χ3v) is 5.20. The van der Waals surface area contributed by atoms with Crippen molar-refractivity contribution in [1.82, 2.24) is 4.57 Å². The van der Waals surface area contributed by atoms with Crippen LogP contribution in [0.15, 0.2) is 23.1 Å². The second-order valence-electron chi connectivity index (χ2n) is 7.01. The summed E-state index contributed by atoms with van der Waals surface area (Å²) in [7, 11) is 0.